The second-order valence-electron chi connectivity index (χ2n) is 12.6. The van der Waals surface area contributed by atoms with Crippen molar-refractivity contribution in [3.8, 4) is 24.1 Å². The Morgan fingerprint density at radius 1 is 1.17 bits per heavy atom. The van der Waals surface area contributed by atoms with E-state index in [1.807, 2.05) is 6.08 Å². The van der Waals surface area contributed by atoms with Gasteiger partial charge >= 0.3 is 6.01 Å². The monoisotopic (exact) mass is 586 g/mol. The van der Waals surface area contributed by atoms with Crippen molar-refractivity contribution in [1.82, 2.24) is 24.9 Å². The Morgan fingerprint density at radius 3 is 2.62 bits per heavy atom. The first kappa shape index (κ1) is 27.3. The fraction of sp³-hybridized carbons (Fsp3) is 0.438. The number of aromatic nitrogens is 2. The molecule has 7 rings (SSSR count). The maximum Gasteiger partial charge on any atom is 0.319 e. The molecule has 1 aliphatic carbocycles. The fourth-order valence-corrected chi connectivity index (χ4v) is 7.39. The van der Waals surface area contributed by atoms with Crippen molar-refractivity contribution in [2.45, 2.75) is 30.6 Å². The van der Waals surface area contributed by atoms with Gasteiger partial charge in [-0.1, -0.05) is 12.0 Å². The first-order valence-electron chi connectivity index (χ1n) is 14.5. The molecule has 3 aromatic rings. The van der Waals surface area contributed by atoms with E-state index in [2.05, 4.69) is 39.9 Å². The number of halogens is 1. The number of piperidine rings is 1. The molecule has 3 fully saturated rings. The molecule has 1 spiro atoms. The van der Waals surface area contributed by atoms with Gasteiger partial charge in [0, 0.05) is 49.1 Å². The van der Waals surface area contributed by atoms with E-state index >= 15 is 0 Å². The minimum atomic E-state index is -0.474. The first-order valence-corrected chi connectivity index (χ1v) is 15.3. The zero-order valence-electron chi connectivity index (χ0n) is 24.0. The molecule has 0 radical (unpaired) electrons. The summed E-state index contributed by atoms with van der Waals surface area (Å²) in [6, 6.07) is 6.54. The number of benzene rings is 2. The number of phenols is 1. The third-order valence-electron chi connectivity index (χ3n) is 9.12. The summed E-state index contributed by atoms with van der Waals surface area (Å²) in [6.45, 7) is 5.57. The lowest BCUT2D eigenvalue weighted by atomic mass is 9.73. The normalized spacial score (nSPS) is 20.0. The van der Waals surface area contributed by atoms with Gasteiger partial charge in [0.2, 0.25) is 0 Å². The molecule has 1 aromatic heterocycles. The van der Waals surface area contributed by atoms with Crippen LogP contribution in [-0.2, 0) is 0 Å². The number of fused-ring (bicyclic) bond motifs is 2. The second-order valence-corrected chi connectivity index (χ2v) is 13.4. The molecular weight excluding hydrogens is 551 g/mol. The Balaban J connectivity index is 1.28. The van der Waals surface area contributed by atoms with Gasteiger partial charge in [-0.05, 0) is 86.8 Å². The molecule has 0 atom stereocenters. The Bertz CT molecular complexity index is 1630. The van der Waals surface area contributed by atoms with Crippen LogP contribution in [-0.4, -0.2) is 73.4 Å². The molecule has 1 saturated carbocycles. The third-order valence-corrected chi connectivity index (χ3v) is 10.0. The zero-order chi connectivity index (χ0) is 29.1. The minimum absolute atomic E-state index is 0.0707. The van der Waals surface area contributed by atoms with Gasteiger partial charge in [0.1, 0.15) is 11.6 Å². The van der Waals surface area contributed by atoms with Crippen LogP contribution in [0.4, 0.5) is 10.2 Å². The fourth-order valence-electron chi connectivity index (χ4n) is 6.53. The number of ether oxygens (including phenoxy) is 1. The molecular formula is C32H35FN6O2S. The predicted molar refractivity (Wildman–Crippen MR) is 165 cm³/mol. The van der Waals surface area contributed by atoms with Gasteiger partial charge in [0.05, 0.1) is 28.5 Å². The second kappa shape index (κ2) is 10.3. The molecule has 4 heterocycles. The molecule has 10 heteroatoms. The summed E-state index contributed by atoms with van der Waals surface area (Å²) in [5.41, 5.74) is 2.73. The molecule has 2 aromatic carbocycles. The van der Waals surface area contributed by atoms with Gasteiger partial charge in [-0.15, -0.1) is 6.42 Å². The van der Waals surface area contributed by atoms with E-state index in [-0.39, 0.29) is 16.7 Å². The number of nitrogens with one attached hydrogen (secondary N) is 2. The highest BCUT2D eigenvalue weighted by atomic mass is 32.2. The van der Waals surface area contributed by atoms with E-state index in [0.717, 1.165) is 74.8 Å². The molecule has 0 amide bonds. The van der Waals surface area contributed by atoms with E-state index < -0.39 is 5.82 Å². The molecule has 42 heavy (non-hydrogen) atoms. The SMILES string of the molecule is C#Cc1c(F)ccc2cc(O)cc(C3=Cc4nc(OCC5(CN(C)C)CC5)nc(N5CCC6(CC5)CNC6)c4SN3)c12. The highest BCUT2D eigenvalue weighted by Gasteiger charge is 2.44. The van der Waals surface area contributed by atoms with E-state index in [9.17, 15) is 9.50 Å². The number of phenolic OH excluding ortho intramolecular Hbond substituents is 1. The van der Waals surface area contributed by atoms with E-state index in [0.29, 0.717) is 40.1 Å². The predicted octanol–water partition coefficient (Wildman–Crippen LogP) is 4.47. The van der Waals surface area contributed by atoms with Crippen LogP contribution in [0.2, 0.25) is 0 Å². The number of aromatic hydroxyl groups is 1. The summed E-state index contributed by atoms with van der Waals surface area (Å²) in [5.74, 6) is 2.98. The van der Waals surface area contributed by atoms with E-state index in [1.54, 1.807) is 18.2 Å². The summed E-state index contributed by atoms with van der Waals surface area (Å²) >= 11 is 1.43. The van der Waals surface area contributed by atoms with Crippen molar-refractivity contribution >= 4 is 40.3 Å². The molecule has 2 saturated heterocycles. The first-order chi connectivity index (χ1) is 20.3. The number of anilines is 1. The Hall–Kier alpha value is -3.52. The maximum atomic E-state index is 14.8. The summed E-state index contributed by atoms with van der Waals surface area (Å²) in [5, 5.41) is 15.2. The molecule has 0 bridgehead atoms. The highest BCUT2D eigenvalue weighted by molar-refractivity contribution is 7.98. The number of rotatable bonds is 7. The summed E-state index contributed by atoms with van der Waals surface area (Å²) in [6.07, 6.45) is 12.2. The van der Waals surface area contributed by atoms with Gasteiger partial charge in [0.25, 0.3) is 0 Å². The third kappa shape index (κ3) is 4.93. The van der Waals surface area contributed by atoms with Crippen molar-refractivity contribution in [2.75, 3.05) is 58.3 Å². The Morgan fingerprint density at radius 2 is 1.95 bits per heavy atom. The maximum absolute atomic E-state index is 14.8. The van der Waals surface area contributed by atoms with E-state index in [1.165, 1.54) is 18.0 Å². The van der Waals surface area contributed by atoms with Crippen molar-refractivity contribution in [2.24, 2.45) is 10.8 Å². The van der Waals surface area contributed by atoms with Gasteiger partial charge in [-0.2, -0.15) is 9.97 Å². The van der Waals surface area contributed by atoms with Crippen molar-refractivity contribution in [1.29, 1.82) is 0 Å². The summed E-state index contributed by atoms with van der Waals surface area (Å²) < 4.78 is 24.5. The average molecular weight is 587 g/mol. The molecule has 3 aliphatic heterocycles. The number of nitrogens with zero attached hydrogens (tertiary/aromatic N) is 4. The van der Waals surface area contributed by atoms with Crippen LogP contribution in [0.5, 0.6) is 11.8 Å². The smallest absolute Gasteiger partial charge is 0.319 e. The van der Waals surface area contributed by atoms with Crippen LogP contribution in [0.3, 0.4) is 0 Å². The van der Waals surface area contributed by atoms with E-state index in [4.69, 9.17) is 21.1 Å². The molecule has 8 nitrogen and oxygen atoms in total. The van der Waals surface area contributed by atoms with Crippen LogP contribution in [0.1, 0.15) is 42.5 Å². The minimum Gasteiger partial charge on any atom is -0.508 e. The quantitative estimate of drug-likeness (QED) is 0.274. The van der Waals surface area contributed by atoms with Crippen molar-refractivity contribution in [3.05, 3.63) is 46.9 Å². The molecule has 4 aliphatic rings. The van der Waals surface area contributed by atoms with Crippen LogP contribution in [0.15, 0.2) is 29.2 Å². The number of terminal acetylenes is 1. The lowest BCUT2D eigenvalue weighted by Crippen LogP contribution is -2.58. The number of hydrogen-bond acceptors (Lipinski definition) is 9. The Labute approximate surface area is 249 Å². The molecule has 0 unspecified atom stereocenters. The van der Waals surface area contributed by atoms with Crippen molar-refractivity contribution < 1.29 is 14.2 Å². The molecule has 3 N–H and O–H groups in total. The van der Waals surface area contributed by atoms with Crippen molar-refractivity contribution in [3.63, 3.8) is 0 Å². The number of hydrogen-bond donors (Lipinski definition) is 3. The lowest BCUT2D eigenvalue weighted by molar-refractivity contribution is 0.125. The zero-order valence-corrected chi connectivity index (χ0v) is 24.8. The average Bonchev–Trinajstić information content (AvgIpc) is 3.73. The van der Waals surface area contributed by atoms with Gasteiger partial charge < -0.3 is 29.7 Å². The summed E-state index contributed by atoms with van der Waals surface area (Å²) in [4.78, 5) is 15.3. The summed E-state index contributed by atoms with van der Waals surface area (Å²) in [7, 11) is 4.18. The van der Waals surface area contributed by atoms with Gasteiger partial charge in [-0.3, -0.25) is 0 Å². The van der Waals surface area contributed by atoms with Crippen LogP contribution < -0.4 is 19.7 Å². The van der Waals surface area contributed by atoms with Crippen LogP contribution >= 0.6 is 11.9 Å². The molecule has 218 valence electrons. The largest absolute Gasteiger partial charge is 0.508 e. The van der Waals surface area contributed by atoms with Crippen LogP contribution in [0.25, 0.3) is 22.5 Å². The topological polar surface area (TPSA) is 85.8 Å². The van der Waals surface area contributed by atoms with Crippen LogP contribution in [0, 0.1) is 29.0 Å². The van der Waals surface area contributed by atoms with Gasteiger partial charge in [0.15, 0.2) is 5.82 Å². The highest BCUT2D eigenvalue weighted by Crippen LogP contribution is 2.47. The van der Waals surface area contributed by atoms with Gasteiger partial charge in [-0.25, -0.2) is 4.39 Å². The standard InChI is InChI=1S/C32H35FN6O2S/c1-4-22-24(33)6-5-20-13-21(40)14-23(27(20)22)25-15-26-28(42-37-25)29(39-11-9-31(10-12-39)16-34-17-31)36-30(35-26)41-19-32(7-8-32)18-38(2)3/h1,5-6,13-15,34,37,40H,7-12,16-19H2,2-3H3. The lowest BCUT2D eigenvalue weighted by Gasteiger charge is -2.48. The Kier molecular flexibility index (Phi) is 6.72.